The summed E-state index contributed by atoms with van der Waals surface area (Å²) in [6.45, 7) is 15.4. The first-order chi connectivity index (χ1) is 17.3. The number of halogens is 3. The molecule has 36 heavy (non-hydrogen) atoms. The van der Waals surface area contributed by atoms with Crippen molar-refractivity contribution in [2.75, 3.05) is 76.3 Å². The highest BCUT2D eigenvalue weighted by Gasteiger charge is 2.43. The summed E-state index contributed by atoms with van der Waals surface area (Å²) in [5, 5.41) is 6.22. The van der Waals surface area contributed by atoms with Gasteiger partial charge in [0.15, 0.2) is 0 Å². The van der Waals surface area contributed by atoms with Crippen molar-refractivity contribution in [2.45, 2.75) is 57.7 Å². The van der Waals surface area contributed by atoms with Crippen molar-refractivity contribution in [1.29, 1.82) is 0 Å². The Morgan fingerprint density at radius 3 is 2.44 bits per heavy atom. The van der Waals surface area contributed by atoms with E-state index < -0.39 is 11.7 Å². The zero-order chi connectivity index (χ0) is 26.0. The summed E-state index contributed by atoms with van der Waals surface area (Å²) in [6.07, 6.45) is 0.631. The zero-order valence-electron chi connectivity index (χ0n) is 21.6. The normalized spacial score (nSPS) is 20.2. The summed E-state index contributed by atoms with van der Waals surface area (Å²) in [5.41, 5.74) is 0.0301. The number of hydrogen-bond donors (Lipinski definition) is 2. The summed E-state index contributed by atoms with van der Waals surface area (Å²) in [7, 11) is 0. The maximum absolute atomic E-state index is 13.6. The number of aromatic nitrogens is 2. The first kappa shape index (κ1) is 28.5. The molecule has 3 aliphatic rings. The average molecular weight is 515 g/mol. The molecule has 11 heteroatoms. The summed E-state index contributed by atoms with van der Waals surface area (Å²) < 4.78 is 51.5. The van der Waals surface area contributed by atoms with Crippen LogP contribution in [0, 0.1) is 0 Å². The van der Waals surface area contributed by atoms with Crippen molar-refractivity contribution in [2.24, 2.45) is 0 Å². The first-order valence-corrected chi connectivity index (χ1v) is 13.1. The van der Waals surface area contributed by atoms with Gasteiger partial charge >= 0.3 is 6.18 Å². The molecule has 0 unspecified atom stereocenters. The molecule has 3 fully saturated rings. The number of nitrogens with zero attached hydrogens (tertiary/aromatic N) is 4. The van der Waals surface area contributed by atoms with Crippen LogP contribution < -0.4 is 10.6 Å². The van der Waals surface area contributed by atoms with E-state index in [1.807, 2.05) is 13.8 Å². The summed E-state index contributed by atoms with van der Waals surface area (Å²) in [4.78, 5) is 12.7. The van der Waals surface area contributed by atoms with Gasteiger partial charge in [0.1, 0.15) is 11.4 Å². The Balaban J connectivity index is 0.00000176. The van der Waals surface area contributed by atoms with E-state index in [1.165, 1.54) is 0 Å². The van der Waals surface area contributed by atoms with Gasteiger partial charge in [-0.2, -0.15) is 18.2 Å². The molecule has 0 bridgehead atoms. The third-order valence-electron chi connectivity index (χ3n) is 6.72. The molecule has 0 radical (unpaired) electrons. The van der Waals surface area contributed by atoms with Crippen LogP contribution in [-0.2, 0) is 15.7 Å². The number of nitrogens with one attached hydrogen (secondary N) is 2. The number of hydrogen-bond acceptors (Lipinski definition) is 8. The minimum atomic E-state index is -4.52. The van der Waals surface area contributed by atoms with E-state index in [2.05, 4.69) is 37.0 Å². The molecule has 204 valence electrons. The summed E-state index contributed by atoms with van der Waals surface area (Å²) in [6, 6.07) is 0. The molecule has 2 N–H and O–H groups in total. The highest BCUT2D eigenvalue weighted by molar-refractivity contribution is 5.49. The third kappa shape index (κ3) is 8.48. The Kier molecular flexibility index (Phi) is 10.6. The van der Waals surface area contributed by atoms with Gasteiger partial charge in [0.25, 0.3) is 0 Å². The van der Waals surface area contributed by atoms with E-state index in [4.69, 9.17) is 9.47 Å². The molecule has 0 atom stereocenters. The molecule has 1 aromatic rings. The fraction of sp³-hybridized carbons (Fsp3) is 0.760. The van der Waals surface area contributed by atoms with Gasteiger partial charge in [0.05, 0.1) is 26.4 Å². The molecule has 0 aromatic carbocycles. The Bertz CT molecular complexity index is 829. The molecular weight excluding hydrogens is 473 g/mol. The molecular formula is C25H41F3N6O2. The highest BCUT2D eigenvalue weighted by Crippen LogP contribution is 2.42. The lowest BCUT2D eigenvalue weighted by molar-refractivity contribution is -0.137. The fourth-order valence-corrected chi connectivity index (χ4v) is 4.34. The van der Waals surface area contributed by atoms with Crippen molar-refractivity contribution in [3.05, 3.63) is 24.0 Å². The van der Waals surface area contributed by atoms with Crippen LogP contribution in [0.1, 0.15) is 51.5 Å². The second kappa shape index (κ2) is 13.4. The molecule has 8 nitrogen and oxygen atoms in total. The van der Waals surface area contributed by atoms with Gasteiger partial charge in [-0.1, -0.05) is 20.4 Å². The van der Waals surface area contributed by atoms with Crippen molar-refractivity contribution >= 4 is 11.8 Å². The van der Waals surface area contributed by atoms with Crippen LogP contribution in [0.4, 0.5) is 24.9 Å². The van der Waals surface area contributed by atoms with E-state index in [0.29, 0.717) is 32.7 Å². The van der Waals surface area contributed by atoms with Gasteiger partial charge in [-0.3, -0.25) is 4.90 Å². The van der Waals surface area contributed by atoms with E-state index in [1.54, 1.807) is 0 Å². The maximum Gasteiger partial charge on any atom is 0.421 e. The van der Waals surface area contributed by atoms with Crippen LogP contribution in [0.5, 0.6) is 0 Å². The second-order valence-corrected chi connectivity index (χ2v) is 9.26. The highest BCUT2D eigenvalue weighted by atomic mass is 19.4. The van der Waals surface area contributed by atoms with Crippen molar-refractivity contribution in [1.82, 2.24) is 19.8 Å². The van der Waals surface area contributed by atoms with E-state index in [-0.39, 0.29) is 17.3 Å². The van der Waals surface area contributed by atoms with Crippen LogP contribution in [0.15, 0.2) is 18.5 Å². The van der Waals surface area contributed by atoms with Gasteiger partial charge in [0, 0.05) is 63.1 Å². The maximum atomic E-state index is 13.6. The average Bonchev–Trinajstić information content (AvgIpc) is 3.67. The number of rotatable bonds is 10. The van der Waals surface area contributed by atoms with Gasteiger partial charge in [-0.05, 0) is 25.7 Å². The SMILES string of the molecule is C=C1CCOCCN1CCCNc1nc(NC2(CCN3CCOCC3)CC2)ncc1C(F)(F)F.CC. The lowest BCUT2D eigenvalue weighted by Gasteiger charge is -2.28. The van der Waals surface area contributed by atoms with Gasteiger partial charge < -0.3 is 25.0 Å². The van der Waals surface area contributed by atoms with Crippen LogP contribution in [0.3, 0.4) is 0 Å². The predicted octanol–water partition coefficient (Wildman–Crippen LogP) is 4.23. The Hall–Kier alpha value is -2.11. The summed E-state index contributed by atoms with van der Waals surface area (Å²) >= 11 is 0. The van der Waals surface area contributed by atoms with Crippen molar-refractivity contribution < 1.29 is 22.6 Å². The number of morpholine rings is 1. The number of anilines is 2. The standard InChI is InChI=1S/C23H35F3N6O2.C2H6/c1-18-3-13-33-16-12-32(18)8-2-7-27-20-19(23(24,25)26)17-28-21(29-20)30-22(4-5-22)6-9-31-10-14-34-15-11-31;1-2/h17H,1-16H2,(H2,27,28,29,30);1-2H3. The Morgan fingerprint density at radius 1 is 1.06 bits per heavy atom. The lowest BCUT2D eigenvalue weighted by atomic mass is 10.1. The molecule has 1 saturated carbocycles. The van der Waals surface area contributed by atoms with Gasteiger partial charge in [0.2, 0.25) is 5.95 Å². The monoisotopic (exact) mass is 514 g/mol. The van der Waals surface area contributed by atoms with Crippen LogP contribution in [0.25, 0.3) is 0 Å². The largest absolute Gasteiger partial charge is 0.421 e. The lowest BCUT2D eigenvalue weighted by Crippen LogP contribution is -2.39. The Labute approximate surface area is 212 Å². The topological polar surface area (TPSA) is 74.8 Å². The van der Waals surface area contributed by atoms with E-state index in [9.17, 15) is 13.2 Å². The minimum Gasteiger partial charge on any atom is -0.379 e. The number of alkyl halides is 3. The van der Waals surface area contributed by atoms with E-state index in [0.717, 1.165) is 77.0 Å². The first-order valence-electron chi connectivity index (χ1n) is 13.1. The second-order valence-electron chi connectivity index (χ2n) is 9.26. The summed E-state index contributed by atoms with van der Waals surface area (Å²) in [5.74, 6) is 0.0695. The fourth-order valence-electron chi connectivity index (χ4n) is 4.34. The molecule has 2 aliphatic heterocycles. The minimum absolute atomic E-state index is 0.134. The quantitative estimate of drug-likeness (QED) is 0.450. The van der Waals surface area contributed by atoms with Crippen LogP contribution in [-0.4, -0.2) is 91.0 Å². The molecule has 4 rings (SSSR count). The molecule has 1 aromatic heterocycles. The van der Waals surface area contributed by atoms with Crippen molar-refractivity contribution in [3.63, 3.8) is 0 Å². The smallest absolute Gasteiger partial charge is 0.379 e. The molecule has 3 heterocycles. The third-order valence-corrected chi connectivity index (χ3v) is 6.72. The van der Waals surface area contributed by atoms with Crippen LogP contribution >= 0.6 is 0 Å². The molecule has 0 amide bonds. The van der Waals surface area contributed by atoms with Gasteiger partial charge in [-0.25, -0.2) is 4.98 Å². The van der Waals surface area contributed by atoms with Crippen molar-refractivity contribution in [3.8, 4) is 0 Å². The molecule has 2 saturated heterocycles. The molecule has 1 aliphatic carbocycles. The Morgan fingerprint density at radius 2 is 1.75 bits per heavy atom. The predicted molar refractivity (Wildman–Crippen MR) is 135 cm³/mol. The van der Waals surface area contributed by atoms with Gasteiger partial charge in [-0.15, -0.1) is 0 Å². The number of ether oxygens (including phenoxy) is 2. The molecule has 0 spiro atoms. The van der Waals surface area contributed by atoms with E-state index >= 15 is 0 Å². The van der Waals surface area contributed by atoms with Crippen LogP contribution in [0.2, 0.25) is 0 Å². The zero-order valence-corrected chi connectivity index (χ0v) is 21.6.